The standard InChI is InChI=1S/C22H22N4O/c1-15-7-5-8-16(2)21(15)25-22(27)18-13-24-20(14-23-18)26-12-6-10-17-9-3-4-11-19(17)26/h3-5,7-9,11,13-14H,6,10,12H2,1-2H3,(H,25,27). The summed E-state index contributed by atoms with van der Waals surface area (Å²) in [6, 6.07) is 14.3. The van der Waals surface area contributed by atoms with Crippen molar-refractivity contribution in [1.82, 2.24) is 9.97 Å². The highest BCUT2D eigenvalue weighted by atomic mass is 16.1. The monoisotopic (exact) mass is 358 g/mol. The average molecular weight is 358 g/mol. The third kappa shape index (κ3) is 3.40. The van der Waals surface area contributed by atoms with E-state index in [-0.39, 0.29) is 5.91 Å². The first-order valence-corrected chi connectivity index (χ1v) is 9.18. The molecule has 0 bridgehead atoms. The predicted molar refractivity (Wildman–Crippen MR) is 108 cm³/mol. The molecular formula is C22H22N4O. The average Bonchev–Trinajstić information content (AvgIpc) is 2.70. The van der Waals surface area contributed by atoms with Gasteiger partial charge in [-0.1, -0.05) is 36.4 Å². The van der Waals surface area contributed by atoms with Gasteiger partial charge in [0.2, 0.25) is 0 Å². The van der Waals surface area contributed by atoms with Gasteiger partial charge in [0.05, 0.1) is 12.4 Å². The second-order valence-electron chi connectivity index (χ2n) is 6.86. The lowest BCUT2D eigenvalue weighted by atomic mass is 10.0. The van der Waals surface area contributed by atoms with Gasteiger partial charge in [-0.3, -0.25) is 4.79 Å². The minimum atomic E-state index is -0.245. The van der Waals surface area contributed by atoms with Crippen molar-refractivity contribution in [1.29, 1.82) is 0 Å². The number of aryl methyl sites for hydroxylation is 3. The highest BCUT2D eigenvalue weighted by Crippen LogP contribution is 2.31. The van der Waals surface area contributed by atoms with E-state index in [1.165, 1.54) is 11.3 Å². The smallest absolute Gasteiger partial charge is 0.275 e. The second-order valence-corrected chi connectivity index (χ2v) is 6.86. The van der Waals surface area contributed by atoms with E-state index >= 15 is 0 Å². The third-order valence-electron chi connectivity index (χ3n) is 4.98. The Hall–Kier alpha value is -3.21. The number of hydrogen-bond acceptors (Lipinski definition) is 4. The van der Waals surface area contributed by atoms with Crippen LogP contribution >= 0.6 is 0 Å². The minimum absolute atomic E-state index is 0.245. The fourth-order valence-electron chi connectivity index (χ4n) is 3.54. The lowest BCUT2D eigenvalue weighted by molar-refractivity contribution is 0.102. The number of carbonyl (C=O) groups is 1. The van der Waals surface area contributed by atoms with Crippen LogP contribution in [-0.2, 0) is 6.42 Å². The number of benzene rings is 2. The summed E-state index contributed by atoms with van der Waals surface area (Å²) in [5.74, 6) is 0.524. The van der Waals surface area contributed by atoms with Gasteiger partial charge in [0, 0.05) is 17.9 Å². The van der Waals surface area contributed by atoms with E-state index in [0.717, 1.165) is 42.0 Å². The van der Waals surface area contributed by atoms with Crippen molar-refractivity contribution in [2.24, 2.45) is 0 Å². The zero-order valence-electron chi connectivity index (χ0n) is 15.6. The SMILES string of the molecule is Cc1cccc(C)c1NC(=O)c1cnc(N2CCCc3ccccc32)cn1. The Labute approximate surface area is 159 Å². The van der Waals surface area contributed by atoms with E-state index in [2.05, 4.69) is 38.4 Å². The first-order valence-electron chi connectivity index (χ1n) is 9.18. The maximum Gasteiger partial charge on any atom is 0.275 e. The van der Waals surface area contributed by atoms with Crippen LogP contribution in [0.4, 0.5) is 17.2 Å². The summed E-state index contributed by atoms with van der Waals surface area (Å²) in [6.07, 6.45) is 5.39. The molecule has 5 heteroatoms. The molecule has 136 valence electrons. The number of nitrogens with one attached hydrogen (secondary N) is 1. The van der Waals surface area contributed by atoms with Gasteiger partial charge < -0.3 is 10.2 Å². The molecule has 0 spiro atoms. The normalized spacial score (nSPS) is 13.2. The first kappa shape index (κ1) is 17.2. The Balaban J connectivity index is 1.56. The number of para-hydroxylation sites is 2. The van der Waals surface area contributed by atoms with Gasteiger partial charge >= 0.3 is 0 Å². The van der Waals surface area contributed by atoms with Crippen LogP contribution in [0.3, 0.4) is 0 Å². The molecule has 0 radical (unpaired) electrons. The van der Waals surface area contributed by atoms with E-state index in [1.54, 1.807) is 12.4 Å². The highest BCUT2D eigenvalue weighted by Gasteiger charge is 2.19. The third-order valence-corrected chi connectivity index (χ3v) is 4.98. The summed E-state index contributed by atoms with van der Waals surface area (Å²) in [7, 11) is 0. The molecule has 5 nitrogen and oxygen atoms in total. The number of rotatable bonds is 3. The Kier molecular flexibility index (Phi) is 4.59. The lowest BCUT2D eigenvalue weighted by Gasteiger charge is -2.30. The molecule has 2 aromatic carbocycles. The van der Waals surface area contributed by atoms with Crippen LogP contribution in [0.2, 0.25) is 0 Å². The van der Waals surface area contributed by atoms with Crippen LogP contribution in [0.1, 0.15) is 33.6 Å². The maximum atomic E-state index is 12.6. The Morgan fingerprint density at radius 1 is 1.00 bits per heavy atom. The molecule has 4 rings (SSSR count). The molecule has 1 aliphatic heterocycles. The molecule has 2 heterocycles. The Morgan fingerprint density at radius 2 is 1.78 bits per heavy atom. The van der Waals surface area contributed by atoms with Crippen molar-refractivity contribution >= 4 is 23.1 Å². The van der Waals surface area contributed by atoms with Crippen molar-refractivity contribution in [3.63, 3.8) is 0 Å². The molecule has 0 saturated carbocycles. The van der Waals surface area contributed by atoms with Gasteiger partial charge in [0.15, 0.2) is 5.82 Å². The quantitative estimate of drug-likeness (QED) is 0.752. The van der Waals surface area contributed by atoms with Gasteiger partial charge in [-0.25, -0.2) is 9.97 Å². The van der Waals surface area contributed by atoms with Crippen LogP contribution in [0.15, 0.2) is 54.9 Å². The number of anilines is 3. The topological polar surface area (TPSA) is 58.1 Å². The molecule has 0 atom stereocenters. The molecule has 0 fully saturated rings. The van der Waals surface area contributed by atoms with Crippen molar-refractivity contribution in [3.8, 4) is 0 Å². The largest absolute Gasteiger partial charge is 0.325 e. The molecule has 0 aliphatic carbocycles. The van der Waals surface area contributed by atoms with E-state index in [0.29, 0.717) is 5.69 Å². The van der Waals surface area contributed by atoms with Crippen molar-refractivity contribution in [2.45, 2.75) is 26.7 Å². The van der Waals surface area contributed by atoms with Gasteiger partial charge in [0.25, 0.3) is 5.91 Å². The van der Waals surface area contributed by atoms with Gasteiger partial charge in [0.1, 0.15) is 5.69 Å². The van der Waals surface area contributed by atoms with Crippen LogP contribution < -0.4 is 10.2 Å². The summed E-state index contributed by atoms with van der Waals surface area (Å²) in [5.41, 5.74) is 5.69. The number of fused-ring (bicyclic) bond motifs is 1. The van der Waals surface area contributed by atoms with Crippen molar-refractivity contribution in [3.05, 3.63) is 77.2 Å². The number of hydrogen-bond donors (Lipinski definition) is 1. The molecule has 1 N–H and O–H groups in total. The maximum absolute atomic E-state index is 12.6. The summed E-state index contributed by atoms with van der Waals surface area (Å²) in [6.45, 7) is 4.86. The molecular weight excluding hydrogens is 336 g/mol. The van der Waals surface area contributed by atoms with Crippen molar-refractivity contribution < 1.29 is 4.79 Å². The molecule has 1 amide bonds. The Morgan fingerprint density at radius 3 is 2.52 bits per heavy atom. The number of nitrogens with zero attached hydrogens (tertiary/aromatic N) is 3. The summed E-state index contributed by atoms with van der Waals surface area (Å²) in [4.78, 5) is 23.6. The van der Waals surface area contributed by atoms with Gasteiger partial charge in [-0.15, -0.1) is 0 Å². The second kappa shape index (κ2) is 7.19. The summed E-state index contributed by atoms with van der Waals surface area (Å²) < 4.78 is 0. The van der Waals surface area contributed by atoms with E-state index in [9.17, 15) is 4.79 Å². The Bertz CT molecular complexity index is 962. The minimum Gasteiger partial charge on any atom is -0.325 e. The van der Waals surface area contributed by atoms with Crippen LogP contribution in [-0.4, -0.2) is 22.4 Å². The van der Waals surface area contributed by atoms with E-state index in [4.69, 9.17) is 0 Å². The molecule has 27 heavy (non-hydrogen) atoms. The molecule has 1 aliphatic rings. The fourth-order valence-corrected chi connectivity index (χ4v) is 3.54. The zero-order valence-corrected chi connectivity index (χ0v) is 15.6. The number of carbonyl (C=O) groups excluding carboxylic acids is 1. The van der Waals surface area contributed by atoms with Crippen molar-refractivity contribution in [2.75, 3.05) is 16.8 Å². The molecule has 0 saturated heterocycles. The molecule has 1 aromatic heterocycles. The fraction of sp³-hybridized carbons (Fsp3) is 0.227. The summed E-state index contributed by atoms with van der Waals surface area (Å²) >= 11 is 0. The molecule has 0 unspecified atom stereocenters. The number of amides is 1. The van der Waals surface area contributed by atoms with Gasteiger partial charge in [-0.05, 0) is 49.4 Å². The summed E-state index contributed by atoms with van der Waals surface area (Å²) in [5, 5.41) is 2.95. The highest BCUT2D eigenvalue weighted by molar-refractivity contribution is 6.03. The molecule has 3 aromatic rings. The van der Waals surface area contributed by atoms with Crippen LogP contribution in [0, 0.1) is 13.8 Å². The first-order chi connectivity index (χ1) is 13.1. The number of aromatic nitrogens is 2. The van der Waals surface area contributed by atoms with Gasteiger partial charge in [-0.2, -0.15) is 0 Å². The zero-order chi connectivity index (χ0) is 18.8. The van der Waals surface area contributed by atoms with E-state index < -0.39 is 0 Å². The van der Waals surface area contributed by atoms with Crippen LogP contribution in [0.5, 0.6) is 0 Å². The predicted octanol–water partition coefficient (Wildman–Crippen LogP) is 4.43. The van der Waals surface area contributed by atoms with Crippen LogP contribution in [0.25, 0.3) is 0 Å². The van der Waals surface area contributed by atoms with E-state index in [1.807, 2.05) is 38.1 Å². The lowest BCUT2D eigenvalue weighted by Crippen LogP contribution is -2.25.